The number of anilines is 1. The van der Waals surface area contributed by atoms with E-state index in [9.17, 15) is 14.9 Å². The fourth-order valence-electron chi connectivity index (χ4n) is 3.13. The Balaban J connectivity index is 1.62. The first-order chi connectivity index (χ1) is 13.7. The van der Waals surface area contributed by atoms with Gasteiger partial charge in [-0.1, -0.05) is 36.8 Å². The third-order valence-electron chi connectivity index (χ3n) is 4.62. The third kappa shape index (κ3) is 4.65. The summed E-state index contributed by atoms with van der Waals surface area (Å²) in [7, 11) is 0. The molecule has 1 unspecified atom stereocenters. The van der Waals surface area contributed by atoms with Gasteiger partial charge in [0.25, 0.3) is 0 Å². The monoisotopic (exact) mass is 397 g/mol. The van der Waals surface area contributed by atoms with Crippen LogP contribution in [0.25, 0.3) is 0 Å². The number of aromatic nitrogens is 5. The van der Waals surface area contributed by atoms with Crippen LogP contribution in [0.5, 0.6) is 0 Å². The second kappa shape index (κ2) is 8.21. The maximum atomic E-state index is 12.5. The van der Waals surface area contributed by atoms with E-state index in [1.807, 2.05) is 25.1 Å². The molecule has 29 heavy (non-hydrogen) atoms. The van der Waals surface area contributed by atoms with E-state index in [0.29, 0.717) is 17.9 Å². The average molecular weight is 397 g/mol. The molecule has 2 aromatic heterocycles. The Morgan fingerprint density at radius 1 is 1.28 bits per heavy atom. The van der Waals surface area contributed by atoms with E-state index in [2.05, 4.69) is 26.6 Å². The Morgan fingerprint density at radius 3 is 2.69 bits per heavy atom. The van der Waals surface area contributed by atoms with Crippen molar-refractivity contribution in [1.82, 2.24) is 24.5 Å². The summed E-state index contributed by atoms with van der Waals surface area (Å²) in [6.07, 6.45) is 1.56. The van der Waals surface area contributed by atoms with Gasteiger partial charge in [-0.2, -0.15) is 5.10 Å². The maximum Gasteiger partial charge on any atom is 0.312 e. The van der Waals surface area contributed by atoms with Crippen LogP contribution in [-0.4, -0.2) is 35.4 Å². The number of carbonyl (C=O) groups excluding carboxylic acids is 1. The molecule has 1 aromatic carbocycles. The molecule has 0 spiro atoms. The smallest absolute Gasteiger partial charge is 0.293 e. The van der Waals surface area contributed by atoms with Gasteiger partial charge in [-0.25, -0.2) is 9.67 Å². The van der Waals surface area contributed by atoms with Gasteiger partial charge < -0.3 is 0 Å². The van der Waals surface area contributed by atoms with Crippen molar-refractivity contribution >= 4 is 17.5 Å². The Bertz CT molecular complexity index is 1050. The van der Waals surface area contributed by atoms with Crippen molar-refractivity contribution < 1.29 is 9.72 Å². The van der Waals surface area contributed by atoms with Crippen molar-refractivity contribution in [1.29, 1.82) is 0 Å². The lowest BCUT2D eigenvalue weighted by Crippen LogP contribution is -2.26. The molecule has 2 heterocycles. The Labute approximate surface area is 167 Å². The van der Waals surface area contributed by atoms with E-state index in [4.69, 9.17) is 0 Å². The minimum Gasteiger partial charge on any atom is -0.293 e. The van der Waals surface area contributed by atoms with Gasteiger partial charge in [-0.15, -0.1) is 5.10 Å². The summed E-state index contributed by atoms with van der Waals surface area (Å²) in [5, 5.41) is 22.3. The molecule has 3 aromatic rings. The lowest BCUT2D eigenvalue weighted by atomic mass is 10.1. The highest BCUT2D eigenvalue weighted by atomic mass is 16.6. The average Bonchev–Trinajstić information content (AvgIpc) is 3.18. The van der Waals surface area contributed by atoms with Crippen molar-refractivity contribution in [2.24, 2.45) is 5.92 Å². The summed E-state index contributed by atoms with van der Waals surface area (Å²) in [4.78, 5) is 27.3. The second-order valence-electron chi connectivity index (χ2n) is 7.10. The van der Waals surface area contributed by atoms with Gasteiger partial charge in [-0.05, 0) is 26.3 Å². The molecule has 0 aliphatic heterocycles. The first-order valence-electron chi connectivity index (χ1n) is 9.19. The summed E-state index contributed by atoms with van der Waals surface area (Å²) >= 11 is 0. The molecule has 1 N–H and O–H groups in total. The van der Waals surface area contributed by atoms with Crippen molar-refractivity contribution in [3.8, 4) is 0 Å². The van der Waals surface area contributed by atoms with Crippen LogP contribution < -0.4 is 5.32 Å². The highest BCUT2D eigenvalue weighted by Crippen LogP contribution is 2.22. The highest BCUT2D eigenvalue weighted by molar-refractivity contribution is 5.90. The normalized spacial score (nSPS) is 12.0. The molecule has 0 aliphatic carbocycles. The van der Waals surface area contributed by atoms with Crippen LogP contribution >= 0.6 is 0 Å². The molecule has 0 saturated carbocycles. The Kier molecular flexibility index (Phi) is 5.71. The summed E-state index contributed by atoms with van der Waals surface area (Å²) in [6, 6.07) is 8.07. The number of nitrogens with one attached hydrogen (secondary N) is 1. The standard InChI is InChI=1S/C19H23N7O3/c1-12-6-5-7-16(8-12)10-24-11-20-19(23-24)21-18(27)13(2)9-25-15(4)17(26(28)29)14(3)22-25/h5-8,11,13H,9-10H2,1-4H3,(H,21,23,27). The number of nitro groups is 1. The van der Waals surface area contributed by atoms with Gasteiger partial charge in [0.2, 0.25) is 11.9 Å². The van der Waals surface area contributed by atoms with E-state index in [-0.39, 0.29) is 24.1 Å². The van der Waals surface area contributed by atoms with Gasteiger partial charge in [0, 0.05) is 0 Å². The topological polar surface area (TPSA) is 121 Å². The predicted molar refractivity (Wildman–Crippen MR) is 106 cm³/mol. The number of rotatable bonds is 7. The summed E-state index contributed by atoms with van der Waals surface area (Å²) in [6.45, 7) is 7.72. The Hall–Kier alpha value is -3.56. The molecule has 152 valence electrons. The predicted octanol–water partition coefficient (Wildman–Crippen LogP) is 2.63. The quantitative estimate of drug-likeness (QED) is 0.483. The molecule has 10 nitrogen and oxygen atoms in total. The van der Waals surface area contributed by atoms with Gasteiger partial charge >= 0.3 is 5.69 Å². The van der Waals surface area contributed by atoms with E-state index < -0.39 is 10.8 Å². The van der Waals surface area contributed by atoms with Gasteiger partial charge in [0.1, 0.15) is 17.7 Å². The zero-order valence-corrected chi connectivity index (χ0v) is 16.8. The van der Waals surface area contributed by atoms with Crippen LogP contribution in [0.3, 0.4) is 0 Å². The van der Waals surface area contributed by atoms with E-state index >= 15 is 0 Å². The summed E-state index contributed by atoms with van der Waals surface area (Å²) < 4.78 is 3.14. The van der Waals surface area contributed by atoms with Gasteiger partial charge in [0.05, 0.1) is 23.9 Å². The van der Waals surface area contributed by atoms with Crippen LogP contribution in [0.4, 0.5) is 11.6 Å². The molecule has 0 radical (unpaired) electrons. The number of nitrogens with zero attached hydrogens (tertiary/aromatic N) is 6. The molecule has 0 aliphatic rings. The fraction of sp³-hybridized carbons (Fsp3) is 0.368. The Morgan fingerprint density at radius 2 is 2.03 bits per heavy atom. The largest absolute Gasteiger partial charge is 0.312 e. The van der Waals surface area contributed by atoms with Crippen LogP contribution in [0.15, 0.2) is 30.6 Å². The first-order valence-corrected chi connectivity index (χ1v) is 9.19. The van der Waals surface area contributed by atoms with Crippen LogP contribution in [0.2, 0.25) is 0 Å². The molecule has 1 atom stereocenters. The molecule has 0 saturated heterocycles. The van der Waals surface area contributed by atoms with E-state index in [1.54, 1.807) is 31.8 Å². The molecule has 0 bridgehead atoms. The fourth-order valence-corrected chi connectivity index (χ4v) is 3.13. The maximum absolute atomic E-state index is 12.5. The number of benzene rings is 1. The van der Waals surface area contributed by atoms with Crippen molar-refractivity contribution in [3.63, 3.8) is 0 Å². The molecule has 10 heteroatoms. The molecule has 1 amide bonds. The third-order valence-corrected chi connectivity index (χ3v) is 4.62. The number of aryl methyl sites for hydroxylation is 2. The van der Waals surface area contributed by atoms with Gasteiger partial charge in [0.15, 0.2) is 0 Å². The summed E-state index contributed by atoms with van der Waals surface area (Å²) in [5.74, 6) is -0.543. The zero-order valence-electron chi connectivity index (χ0n) is 16.8. The minimum absolute atomic E-state index is 0.0193. The molecule has 3 rings (SSSR count). The molecular formula is C19H23N7O3. The van der Waals surface area contributed by atoms with Crippen molar-refractivity contribution in [3.05, 3.63) is 63.2 Å². The number of carbonyl (C=O) groups is 1. The number of hydrogen-bond acceptors (Lipinski definition) is 6. The van der Waals surface area contributed by atoms with Crippen molar-refractivity contribution in [2.75, 3.05) is 5.32 Å². The van der Waals surface area contributed by atoms with Gasteiger partial charge in [-0.3, -0.25) is 24.9 Å². The SMILES string of the molecule is Cc1cccc(Cn2cnc(NC(=O)C(C)Cn3nc(C)c([N+](=O)[O-])c3C)n2)c1. The zero-order chi connectivity index (χ0) is 21.1. The van der Waals surface area contributed by atoms with Crippen LogP contribution in [0.1, 0.15) is 29.4 Å². The van der Waals surface area contributed by atoms with E-state index in [0.717, 1.165) is 11.1 Å². The first kappa shape index (κ1) is 20.2. The number of hydrogen-bond donors (Lipinski definition) is 1. The second-order valence-corrected chi connectivity index (χ2v) is 7.10. The van der Waals surface area contributed by atoms with E-state index in [1.165, 1.54) is 4.68 Å². The summed E-state index contributed by atoms with van der Waals surface area (Å²) in [5.41, 5.74) is 2.99. The van der Waals surface area contributed by atoms with Crippen LogP contribution in [0, 0.1) is 36.8 Å². The van der Waals surface area contributed by atoms with Crippen LogP contribution in [-0.2, 0) is 17.9 Å². The molecule has 0 fully saturated rings. The number of amides is 1. The lowest BCUT2D eigenvalue weighted by molar-refractivity contribution is -0.386. The highest BCUT2D eigenvalue weighted by Gasteiger charge is 2.24. The molecular weight excluding hydrogens is 374 g/mol. The lowest BCUT2D eigenvalue weighted by Gasteiger charge is -2.11. The van der Waals surface area contributed by atoms with Crippen molar-refractivity contribution in [2.45, 2.75) is 40.8 Å². The minimum atomic E-state index is -0.476.